The fourth-order valence-corrected chi connectivity index (χ4v) is 2.18. The van der Waals surface area contributed by atoms with E-state index < -0.39 is 0 Å². The highest BCUT2D eigenvalue weighted by atomic mass is 35.5. The second-order valence-electron chi connectivity index (χ2n) is 4.85. The lowest BCUT2D eigenvalue weighted by molar-refractivity contribution is 0.318. The molecule has 0 atom stereocenters. The first-order valence-electron chi connectivity index (χ1n) is 6.99. The van der Waals surface area contributed by atoms with Gasteiger partial charge in [0, 0.05) is 29.1 Å². The molecule has 0 unspecified atom stereocenters. The zero-order chi connectivity index (χ0) is 15.4. The zero-order valence-electron chi connectivity index (χ0n) is 12.1. The second-order valence-corrected chi connectivity index (χ2v) is 5.23. The van der Waals surface area contributed by atoms with E-state index in [4.69, 9.17) is 16.3 Å². The summed E-state index contributed by atoms with van der Waals surface area (Å²) < 4.78 is 5.63. The quantitative estimate of drug-likeness (QED) is 0.538. The summed E-state index contributed by atoms with van der Waals surface area (Å²) in [5.41, 5.74) is 1.80. The van der Waals surface area contributed by atoms with Gasteiger partial charge in [0.2, 0.25) is 0 Å². The van der Waals surface area contributed by atoms with Crippen LogP contribution in [0.15, 0.2) is 30.6 Å². The van der Waals surface area contributed by atoms with Gasteiger partial charge >= 0.3 is 0 Å². The molecule has 0 aliphatic carbocycles. The molecule has 0 radical (unpaired) electrons. The molecule has 2 heterocycles. The molecule has 114 valence electrons. The molecule has 0 aliphatic rings. The van der Waals surface area contributed by atoms with Crippen LogP contribution in [-0.4, -0.2) is 32.7 Å². The molecule has 0 saturated carbocycles. The van der Waals surface area contributed by atoms with E-state index in [1.807, 2.05) is 31.2 Å². The molecule has 0 saturated heterocycles. The number of hydrogen-bond acceptors (Lipinski definition) is 5. The van der Waals surface area contributed by atoms with Crippen LogP contribution in [0, 0.1) is 6.92 Å². The number of H-pyrrole nitrogens is 1. The number of anilines is 2. The Morgan fingerprint density at radius 3 is 2.95 bits per heavy atom. The van der Waals surface area contributed by atoms with Crippen LogP contribution in [-0.2, 0) is 0 Å². The Morgan fingerprint density at radius 1 is 1.27 bits per heavy atom. The number of rotatable bonds is 6. The van der Waals surface area contributed by atoms with Crippen molar-refractivity contribution in [2.75, 3.05) is 17.8 Å². The van der Waals surface area contributed by atoms with Gasteiger partial charge in [0.05, 0.1) is 12.1 Å². The van der Waals surface area contributed by atoms with Crippen LogP contribution in [0.5, 0.6) is 5.75 Å². The Hall–Kier alpha value is -2.34. The summed E-state index contributed by atoms with van der Waals surface area (Å²) in [5, 5.41) is 11.1. The zero-order valence-corrected chi connectivity index (χ0v) is 12.9. The fraction of sp³-hybridized carbons (Fsp3) is 0.267. The number of nitrogens with zero attached hydrogens (tertiary/aromatic N) is 3. The molecule has 3 aromatic rings. The second kappa shape index (κ2) is 6.62. The van der Waals surface area contributed by atoms with Gasteiger partial charge in [0.15, 0.2) is 5.82 Å². The summed E-state index contributed by atoms with van der Waals surface area (Å²) in [7, 11) is 0. The Bertz CT molecular complexity index is 773. The van der Waals surface area contributed by atoms with Crippen molar-refractivity contribution < 1.29 is 4.74 Å². The number of hydrogen-bond donors (Lipinski definition) is 2. The maximum absolute atomic E-state index is 5.64. The van der Waals surface area contributed by atoms with Crippen LogP contribution in [0.3, 0.4) is 0 Å². The first-order chi connectivity index (χ1) is 10.8. The molecular weight excluding hydrogens is 302 g/mol. The minimum atomic E-state index is 0.590. The monoisotopic (exact) mass is 317 g/mol. The van der Waals surface area contributed by atoms with Gasteiger partial charge < -0.3 is 10.1 Å². The van der Waals surface area contributed by atoms with Gasteiger partial charge in [-0.25, -0.2) is 9.97 Å². The Kier molecular flexibility index (Phi) is 4.39. The van der Waals surface area contributed by atoms with E-state index in [2.05, 4.69) is 25.5 Å². The van der Waals surface area contributed by atoms with Gasteiger partial charge in [-0.2, -0.15) is 5.10 Å². The van der Waals surface area contributed by atoms with E-state index in [1.165, 1.54) is 6.33 Å². The maximum atomic E-state index is 5.64. The molecule has 0 amide bonds. The normalized spacial score (nSPS) is 10.8. The average Bonchev–Trinajstić information content (AvgIpc) is 2.93. The van der Waals surface area contributed by atoms with Crippen molar-refractivity contribution >= 4 is 34.1 Å². The first kappa shape index (κ1) is 14.6. The highest BCUT2D eigenvalue weighted by Gasteiger charge is 2.07. The summed E-state index contributed by atoms with van der Waals surface area (Å²) in [6.07, 6.45) is 2.33. The molecule has 22 heavy (non-hydrogen) atoms. The van der Waals surface area contributed by atoms with Crippen LogP contribution in [0.1, 0.15) is 12.1 Å². The van der Waals surface area contributed by atoms with Crippen LogP contribution < -0.4 is 10.1 Å². The van der Waals surface area contributed by atoms with Gasteiger partial charge in [-0.15, -0.1) is 11.6 Å². The van der Waals surface area contributed by atoms with Gasteiger partial charge in [-0.05, 0) is 25.5 Å². The van der Waals surface area contributed by atoms with Crippen molar-refractivity contribution in [3.05, 3.63) is 36.3 Å². The number of ether oxygens (including phenoxy) is 1. The van der Waals surface area contributed by atoms with Crippen molar-refractivity contribution in [1.29, 1.82) is 0 Å². The maximum Gasteiger partial charge on any atom is 0.153 e. The van der Waals surface area contributed by atoms with Crippen LogP contribution in [0.2, 0.25) is 0 Å². The Balaban J connectivity index is 1.85. The molecule has 0 fully saturated rings. The van der Waals surface area contributed by atoms with Gasteiger partial charge in [-0.1, -0.05) is 0 Å². The molecule has 6 nitrogen and oxygen atoms in total. The lowest BCUT2D eigenvalue weighted by Gasteiger charge is -2.08. The number of aryl methyl sites for hydroxylation is 1. The van der Waals surface area contributed by atoms with Crippen molar-refractivity contribution in [2.45, 2.75) is 13.3 Å². The SMILES string of the molecule is Cc1cc(Nc2ncnc3cc(OCCCCl)ccc23)n[nH]1. The standard InChI is InChI=1S/C15H16ClN5O/c1-10-7-14(21-20-10)19-15-12-4-3-11(22-6-2-5-16)8-13(12)17-9-18-15/h3-4,7-9H,2,5-6H2,1H3,(H2,17,18,19,20,21). The van der Waals surface area contributed by atoms with E-state index in [9.17, 15) is 0 Å². The van der Waals surface area contributed by atoms with Gasteiger partial charge in [0.25, 0.3) is 0 Å². The van der Waals surface area contributed by atoms with E-state index in [-0.39, 0.29) is 0 Å². The predicted octanol–water partition coefficient (Wildman–Crippen LogP) is 3.41. The molecule has 7 heteroatoms. The Morgan fingerprint density at radius 2 is 2.18 bits per heavy atom. The Labute approximate surface area is 132 Å². The van der Waals surface area contributed by atoms with E-state index in [0.29, 0.717) is 18.3 Å². The molecule has 3 rings (SSSR count). The van der Waals surface area contributed by atoms with E-state index in [1.54, 1.807) is 0 Å². The molecule has 0 aliphatic heterocycles. The summed E-state index contributed by atoms with van der Waals surface area (Å²) in [4.78, 5) is 8.57. The first-order valence-corrected chi connectivity index (χ1v) is 7.52. The number of benzene rings is 1. The van der Waals surface area contributed by atoms with Gasteiger partial charge in [0.1, 0.15) is 17.9 Å². The molecule has 1 aromatic carbocycles. The number of aromatic amines is 1. The van der Waals surface area contributed by atoms with Crippen LogP contribution in [0.4, 0.5) is 11.6 Å². The van der Waals surface area contributed by atoms with Crippen molar-refractivity contribution in [1.82, 2.24) is 20.2 Å². The average molecular weight is 318 g/mol. The summed E-state index contributed by atoms with van der Waals surface area (Å²) in [6.45, 7) is 2.54. The molecule has 2 aromatic heterocycles. The number of fused-ring (bicyclic) bond motifs is 1. The largest absolute Gasteiger partial charge is 0.493 e. The molecular formula is C15H16ClN5O. The minimum Gasteiger partial charge on any atom is -0.493 e. The van der Waals surface area contributed by atoms with Crippen molar-refractivity contribution in [3.8, 4) is 5.75 Å². The fourth-order valence-electron chi connectivity index (χ4n) is 2.07. The van der Waals surface area contributed by atoms with Gasteiger partial charge in [-0.3, -0.25) is 5.10 Å². The lowest BCUT2D eigenvalue weighted by atomic mass is 10.2. The highest BCUT2D eigenvalue weighted by molar-refractivity contribution is 6.17. The third kappa shape index (κ3) is 3.28. The third-order valence-electron chi connectivity index (χ3n) is 3.11. The third-order valence-corrected chi connectivity index (χ3v) is 3.37. The van der Waals surface area contributed by atoms with Crippen LogP contribution in [0.25, 0.3) is 10.9 Å². The molecule has 2 N–H and O–H groups in total. The van der Waals surface area contributed by atoms with Crippen LogP contribution >= 0.6 is 11.6 Å². The van der Waals surface area contributed by atoms with E-state index >= 15 is 0 Å². The predicted molar refractivity (Wildman–Crippen MR) is 87.0 cm³/mol. The number of alkyl halides is 1. The number of aromatic nitrogens is 4. The van der Waals surface area contributed by atoms with Crippen molar-refractivity contribution in [3.63, 3.8) is 0 Å². The van der Waals surface area contributed by atoms with E-state index in [0.717, 1.165) is 34.6 Å². The minimum absolute atomic E-state index is 0.590. The van der Waals surface area contributed by atoms with Crippen molar-refractivity contribution in [2.24, 2.45) is 0 Å². The lowest BCUT2D eigenvalue weighted by Crippen LogP contribution is -1.99. The molecule has 0 bridgehead atoms. The smallest absolute Gasteiger partial charge is 0.153 e. The highest BCUT2D eigenvalue weighted by Crippen LogP contribution is 2.25. The topological polar surface area (TPSA) is 75.7 Å². The summed E-state index contributed by atoms with van der Waals surface area (Å²) in [6, 6.07) is 7.65. The summed E-state index contributed by atoms with van der Waals surface area (Å²) in [5.74, 6) is 2.80. The molecule has 0 spiro atoms. The number of nitrogens with one attached hydrogen (secondary N) is 2. The number of halogens is 1. The summed E-state index contributed by atoms with van der Waals surface area (Å²) >= 11 is 5.64.